The van der Waals surface area contributed by atoms with E-state index in [9.17, 15) is 0 Å². The number of hydrogen-bond acceptors (Lipinski definition) is 3. The lowest BCUT2D eigenvalue weighted by molar-refractivity contribution is 0.0900. The normalized spacial score (nSPS) is 21.9. The number of piperidine rings is 1. The van der Waals surface area contributed by atoms with Gasteiger partial charge in [-0.25, -0.2) is 0 Å². The lowest BCUT2D eigenvalue weighted by Gasteiger charge is -2.42. The number of nitrogens with zero attached hydrogens (tertiary/aromatic N) is 2. The SMILES string of the molecule is Cc1cccc(-c2[nH]ncc2CN2CCC(N)C(C)(C)C2)c1. The van der Waals surface area contributed by atoms with Crippen molar-refractivity contribution in [2.24, 2.45) is 11.1 Å². The predicted octanol–water partition coefficient (Wildman–Crippen LogP) is 2.94. The minimum absolute atomic E-state index is 0.172. The van der Waals surface area contributed by atoms with Crippen LogP contribution in [-0.2, 0) is 6.54 Å². The van der Waals surface area contributed by atoms with E-state index >= 15 is 0 Å². The molecule has 0 aliphatic carbocycles. The van der Waals surface area contributed by atoms with Crippen molar-refractivity contribution in [3.05, 3.63) is 41.6 Å². The summed E-state index contributed by atoms with van der Waals surface area (Å²) in [6.45, 7) is 9.67. The largest absolute Gasteiger partial charge is 0.327 e. The van der Waals surface area contributed by atoms with Crippen LogP contribution in [0.5, 0.6) is 0 Å². The molecule has 3 rings (SSSR count). The molecule has 1 aliphatic rings. The number of rotatable bonds is 3. The first-order chi connectivity index (χ1) is 10.5. The summed E-state index contributed by atoms with van der Waals surface area (Å²) in [6.07, 6.45) is 3.02. The second-order valence-corrected chi connectivity index (χ2v) is 7.23. The van der Waals surface area contributed by atoms with Gasteiger partial charge in [0.05, 0.1) is 11.9 Å². The van der Waals surface area contributed by atoms with Crippen LogP contribution in [0.15, 0.2) is 30.5 Å². The summed E-state index contributed by atoms with van der Waals surface area (Å²) >= 11 is 0. The third kappa shape index (κ3) is 3.08. The maximum Gasteiger partial charge on any atom is 0.0695 e. The van der Waals surface area contributed by atoms with Gasteiger partial charge < -0.3 is 5.73 Å². The average Bonchev–Trinajstić information content (AvgIpc) is 2.91. The van der Waals surface area contributed by atoms with Crippen molar-refractivity contribution >= 4 is 0 Å². The van der Waals surface area contributed by atoms with Crippen LogP contribution in [0.2, 0.25) is 0 Å². The summed E-state index contributed by atoms with van der Waals surface area (Å²) in [7, 11) is 0. The highest BCUT2D eigenvalue weighted by molar-refractivity contribution is 5.63. The summed E-state index contributed by atoms with van der Waals surface area (Å²) in [5, 5.41) is 7.44. The fourth-order valence-electron chi connectivity index (χ4n) is 3.34. The molecule has 4 nitrogen and oxygen atoms in total. The molecule has 0 amide bonds. The number of benzene rings is 1. The minimum atomic E-state index is 0.172. The second kappa shape index (κ2) is 5.86. The van der Waals surface area contributed by atoms with Crippen molar-refractivity contribution in [3.63, 3.8) is 0 Å². The molecule has 2 heterocycles. The molecule has 1 saturated heterocycles. The molecule has 1 atom stereocenters. The van der Waals surface area contributed by atoms with Gasteiger partial charge in [-0.15, -0.1) is 0 Å². The quantitative estimate of drug-likeness (QED) is 0.916. The van der Waals surface area contributed by atoms with Crippen LogP contribution in [0.3, 0.4) is 0 Å². The molecule has 1 aromatic heterocycles. The highest BCUT2D eigenvalue weighted by Crippen LogP contribution is 2.30. The topological polar surface area (TPSA) is 57.9 Å². The molecule has 1 aliphatic heterocycles. The maximum atomic E-state index is 6.24. The van der Waals surface area contributed by atoms with Crippen molar-refractivity contribution < 1.29 is 0 Å². The van der Waals surface area contributed by atoms with E-state index in [4.69, 9.17) is 5.73 Å². The van der Waals surface area contributed by atoms with Gasteiger partial charge in [0, 0.05) is 36.8 Å². The van der Waals surface area contributed by atoms with Gasteiger partial charge in [-0.05, 0) is 24.8 Å². The molecule has 22 heavy (non-hydrogen) atoms. The number of aromatic amines is 1. The van der Waals surface area contributed by atoms with Crippen molar-refractivity contribution in [1.29, 1.82) is 0 Å². The van der Waals surface area contributed by atoms with Crippen molar-refractivity contribution in [2.75, 3.05) is 13.1 Å². The molecule has 0 bridgehead atoms. The standard InChI is InChI=1S/C18H26N4/c1-13-5-4-6-14(9-13)17-15(10-20-21-17)11-22-8-7-16(19)18(2,3)12-22/h4-6,9-10,16H,7-8,11-12,19H2,1-3H3,(H,20,21). The van der Waals surface area contributed by atoms with E-state index < -0.39 is 0 Å². The zero-order valence-corrected chi connectivity index (χ0v) is 13.8. The van der Waals surface area contributed by atoms with Crippen molar-refractivity contribution in [3.8, 4) is 11.3 Å². The molecule has 0 saturated carbocycles. The molecule has 0 radical (unpaired) electrons. The van der Waals surface area contributed by atoms with Gasteiger partial charge in [0.2, 0.25) is 0 Å². The van der Waals surface area contributed by atoms with Crippen molar-refractivity contribution in [1.82, 2.24) is 15.1 Å². The first-order valence-corrected chi connectivity index (χ1v) is 8.03. The first kappa shape index (κ1) is 15.3. The molecule has 0 spiro atoms. The minimum Gasteiger partial charge on any atom is -0.327 e. The third-order valence-corrected chi connectivity index (χ3v) is 4.81. The van der Waals surface area contributed by atoms with E-state index in [2.05, 4.69) is 60.1 Å². The number of nitrogens with one attached hydrogen (secondary N) is 1. The maximum absolute atomic E-state index is 6.24. The van der Waals surface area contributed by atoms with Gasteiger partial charge >= 0.3 is 0 Å². The van der Waals surface area contributed by atoms with Gasteiger partial charge in [-0.3, -0.25) is 10.00 Å². The van der Waals surface area contributed by atoms with Crippen LogP contribution in [-0.4, -0.2) is 34.2 Å². The number of aryl methyl sites for hydroxylation is 1. The Kier molecular flexibility index (Phi) is 4.06. The Morgan fingerprint density at radius 3 is 2.95 bits per heavy atom. The van der Waals surface area contributed by atoms with Gasteiger partial charge in [0.25, 0.3) is 0 Å². The van der Waals surface area contributed by atoms with Gasteiger partial charge in [0.1, 0.15) is 0 Å². The molecule has 1 fully saturated rings. The Labute approximate surface area is 132 Å². The molecule has 1 aromatic carbocycles. The fraction of sp³-hybridized carbons (Fsp3) is 0.500. The summed E-state index contributed by atoms with van der Waals surface area (Å²) < 4.78 is 0. The lowest BCUT2D eigenvalue weighted by atomic mass is 9.79. The lowest BCUT2D eigenvalue weighted by Crippen LogP contribution is -2.52. The summed E-state index contributed by atoms with van der Waals surface area (Å²) in [5.41, 5.74) is 11.3. The molecule has 2 aromatic rings. The van der Waals surface area contributed by atoms with Crippen LogP contribution in [0, 0.1) is 12.3 Å². The monoisotopic (exact) mass is 298 g/mol. The molecular weight excluding hydrogens is 272 g/mol. The summed E-state index contributed by atoms with van der Waals surface area (Å²) in [6, 6.07) is 8.85. The van der Waals surface area contributed by atoms with Crippen LogP contribution in [0.1, 0.15) is 31.4 Å². The van der Waals surface area contributed by atoms with E-state index in [1.807, 2.05) is 6.20 Å². The number of likely N-dealkylation sites (tertiary alicyclic amines) is 1. The average molecular weight is 298 g/mol. The van der Waals surface area contributed by atoms with Gasteiger partial charge in [0.15, 0.2) is 0 Å². The van der Waals surface area contributed by atoms with Gasteiger partial charge in [-0.2, -0.15) is 5.10 Å². The van der Waals surface area contributed by atoms with E-state index in [0.29, 0.717) is 6.04 Å². The molecular formula is C18H26N4. The Morgan fingerprint density at radius 1 is 1.41 bits per heavy atom. The van der Waals surface area contributed by atoms with E-state index in [1.54, 1.807) is 0 Å². The zero-order chi connectivity index (χ0) is 15.7. The van der Waals surface area contributed by atoms with E-state index in [1.165, 1.54) is 16.7 Å². The number of H-pyrrole nitrogens is 1. The van der Waals surface area contributed by atoms with Crippen LogP contribution in [0.25, 0.3) is 11.3 Å². The molecule has 3 N–H and O–H groups in total. The number of hydrogen-bond donors (Lipinski definition) is 2. The highest BCUT2D eigenvalue weighted by atomic mass is 15.2. The zero-order valence-electron chi connectivity index (χ0n) is 13.8. The summed E-state index contributed by atoms with van der Waals surface area (Å²) in [4.78, 5) is 2.49. The first-order valence-electron chi connectivity index (χ1n) is 8.03. The van der Waals surface area contributed by atoms with Gasteiger partial charge in [-0.1, -0.05) is 37.6 Å². The van der Waals surface area contributed by atoms with Crippen LogP contribution < -0.4 is 5.73 Å². The number of nitrogens with two attached hydrogens (primary N) is 1. The third-order valence-electron chi connectivity index (χ3n) is 4.81. The van der Waals surface area contributed by atoms with Crippen LogP contribution in [0.4, 0.5) is 0 Å². The smallest absolute Gasteiger partial charge is 0.0695 e. The Morgan fingerprint density at radius 2 is 2.23 bits per heavy atom. The summed E-state index contributed by atoms with van der Waals surface area (Å²) in [5.74, 6) is 0. The Balaban J connectivity index is 1.79. The second-order valence-electron chi connectivity index (χ2n) is 7.23. The number of aromatic nitrogens is 2. The highest BCUT2D eigenvalue weighted by Gasteiger charge is 2.33. The van der Waals surface area contributed by atoms with Crippen LogP contribution >= 0.6 is 0 Å². The molecule has 4 heteroatoms. The molecule has 1 unspecified atom stereocenters. The Bertz CT molecular complexity index is 644. The van der Waals surface area contributed by atoms with E-state index in [0.717, 1.165) is 31.7 Å². The predicted molar refractivity (Wildman–Crippen MR) is 90.4 cm³/mol. The van der Waals surface area contributed by atoms with E-state index in [-0.39, 0.29) is 5.41 Å². The molecule has 118 valence electrons. The Hall–Kier alpha value is -1.65. The van der Waals surface area contributed by atoms with Crippen molar-refractivity contribution in [2.45, 2.75) is 39.8 Å². The fourth-order valence-corrected chi connectivity index (χ4v) is 3.34.